The SMILES string of the molecule is Cc1nn(C)cc1-c1cnc(CCCCCN)[nH]1. The Hall–Kier alpha value is -1.62. The van der Waals surface area contributed by atoms with E-state index in [0.717, 1.165) is 48.6 Å². The highest BCUT2D eigenvalue weighted by Crippen LogP contribution is 2.20. The van der Waals surface area contributed by atoms with Gasteiger partial charge in [0.25, 0.3) is 0 Å². The number of aromatic nitrogens is 4. The lowest BCUT2D eigenvalue weighted by Crippen LogP contribution is -1.98. The molecule has 5 heteroatoms. The Balaban J connectivity index is 1.99. The molecule has 0 unspecified atom stereocenters. The summed E-state index contributed by atoms with van der Waals surface area (Å²) in [6.07, 6.45) is 8.28. The van der Waals surface area contributed by atoms with E-state index >= 15 is 0 Å². The van der Waals surface area contributed by atoms with Crippen molar-refractivity contribution in [1.29, 1.82) is 0 Å². The topological polar surface area (TPSA) is 72.5 Å². The van der Waals surface area contributed by atoms with Crippen LogP contribution in [0.25, 0.3) is 11.3 Å². The van der Waals surface area contributed by atoms with Crippen LogP contribution in [0.1, 0.15) is 30.8 Å². The van der Waals surface area contributed by atoms with Crippen molar-refractivity contribution in [1.82, 2.24) is 19.7 Å². The van der Waals surface area contributed by atoms with Gasteiger partial charge in [0.05, 0.1) is 17.6 Å². The molecule has 0 aliphatic heterocycles. The summed E-state index contributed by atoms with van der Waals surface area (Å²) in [5.41, 5.74) is 8.67. The van der Waals surface area contributed by atoms with E-state index in [1.54, 1.807) is 0 Å². The summed E-state index contributed by atoms with van der Waals surface area (Å²) >= 11 is 0. The summed E-state index contributed by atoms with van der Waals surface area (Å²) in [7, 11) is 1.93. The quantitative estimate of drug-likeness (QED) is 0.764. The predicted octanol–water partition coefficient (Wildman–Crippen LogP) is 1.79. The van der Waals surface area contributed by atoms with Crippen LogP contribution in [0.15, 0.2) is 12.4 Å². The molecule has 98 valence electrons. The molecule has 0 aliphatic carbocycles. The normalized spacial score (nSPS) is 11.1. The van der Waals surface area contributed by atoms with E-state index in [9.17, 15) is 0 Å². The number of imidazole rings is 1. The standard InChI is InChI=1S/C13H21N5/c1-10-11(9-18(2)17-10)12-8-15-13(16-12)6-4-3-5-7-14/h8-9H,3-7,14H2,1-2H3,(H,15,16). The minimum atomic E-state index is 0.776. The molecule has 5 nitrogen and oxygen atoms in total. The molecule has 2 rings (SSSR count). The van der Waals surface area contributed by atoms with Gasteiger partial charge < -0.3 is 10.7 Å². The summed E-state index contributed by atoms with van der Waals surface area (Å²) in [4.78, 5) is 7.78. The van der Waals surface area contributed by atoms with Crippen LogP contribution in [-0.4, -0.2) is 26.3 Å². The van der Waals surface area contributed by atoms with Crippen molar-refractivity contribution in [3.63, 3.8) is 0 Å². The Morgan fingerprint density at radius 1 is 1.33 bits per heavy atom. The second-order valence-corrected chi connectivity index (χ2v) is 4.64. The molecule has 2 aromatic rings. The van der Waals surface area contributed by atoms with E-state index in [4.69, 9.17) is 5.73 Å². The first kappa shape index (κ1) is 12.8. The van der Waals surface area contributed by atoms with E-state index in [-0.39, 0.29) is 0 Å². The second-order valence-electron chi connectivity index (χ2n) is 4.64. The zero-order valence-corrected chi connectivity index (χ0v) is 11.1. The monoisotopic (exact) mass is 247 g/mol. The Labute approximate surface area is 107 Å². The van der Waals surface area contributed by atoms with Gasteiger partial charge in [-0.2, -0.15) is 5.10 Å². The summed E-state index contributed by atoms with van der Waals surface area (Å²) < 4.78 is 1.83. The van der Waals surface area contributed by atoms with Gasteiger partial charge in [0.1, 0.15) is 5.82 Å². The molecule has 0 aliphatic rings. The fourth-order valence-electron chi connectivity index (χ4n) is 2.10. The molecule has 2 aromatic heterocycles. The molecule has 18 heavy (non-hydrogen) atoms. The van der Waals surface area contributed by atoms with Crippen LogP contribution in [-0.2, 0) is 13.5 Å². The lowest BCUT2D eigenvalue weighted by molar-refractivity contribution is 0.673. The lowest BCUT2D eigenvalue weighted by Gasteiger charge is -1.97. The van der Waals surface area contributed by atoms with Gasteiger partial charge in [-0.1, -0.05) is 6.42 Å². The van der Waals surface area contributed by atoms with Crippen molar-refractivity contribution >= 4 is 0 Å². The minimum absolute atomic E-state index is 0.776. The van der Waals surface area contributed by atoms with Gasteiger partial charge in [0, 0.05) is 25.2 Å². The van der Waals surface area contributed by atoms with E-state index in [1.165, 1.54) is 6.42 Å². The van der Waals surface area contributed by atoms with Gasteiger partial charge in [0.2, 0.25) is 0 Å². The summed E-state index contributed by atoms with van der Waals surface area (Å²) in [5, 5.41) is 4.34. The molecule has 0 saturated carbocycles. The molecule has 0 spiro atoms. The largest absolute Gasteiger partial charge is 0.342 e. The number of hydrogen-bond donors (Lipinski definition) is 2. The van der Waals surface area contributed by atoms with Crippen LogP contribution in [0, 0.1) is 6.92 Å². The number of nitrogens with zero attached hydrogens (tertiary/aromatic N) is 3. The van der Waals surface area contributed by atoms with Crippen molar-refractivity contribution in [3.8, 4) is 11.3 Å². The van der Waals surface area contributed by atoms with Gasteiger partial charge in [-0.3, -0.25) is 4.68 Å². The predicted molar refractivity (Wildman–Crippen MR) is 72.1 cm³/mol. The first-order valence-electron chi connectivity index (χ1n) is 6.45. The van der Waals surface area contributed by atoms with Gasteiger partial charge >= 0.3 is 0 Å². The first-order valence-corrected chi connectivity index (χ1v) is 6.45. The Morgan fingerprint density at radius 2 is 2.17 bits per heavy atom. The zero-order chi connectivity index (χ0) is 13.0. The fraction of sp³-hybridized carbons (Fsp3) is 0.538. The summed E-state index contributed by atoms with van der Waals surface area (Å²) in [5.74, 6) is 1.05. The summed E-state index contributed by atoms with van der Waals surface area (Å²) in [6.45, 7) is 2.79. The highest BCUT2D eigenvalue weighted by Gasteiger charge is 2.08. The van der Waals surface area contributed by atoms with E-state index < -0.39 is 0 Å². The van der Waals surface area contributed by atoms with E-state index in [1.807, 2.05) is 31.0 Å². The van der Waals surface area contributed by atoms with Gasteiger partial charge in [0.15, 0.2) is 0 Å². The Morgan fingerprint density at radius 3 is 2.83 bits per heavy atom. The van der Waals surface area contributed by atoms with Crippen molar-refractivity contribution in [2.45, 2.75) is 32.6 Å². The van der Waals surface area contributed by atoms with Crippen molar-refractivity contribution < 1.29 is 0 Å². The van der Waals surface area contributed by atoms with Crippen molar-refractivity contribution in [2.24, 2.45) is 12.8 Å². The molecule has 0 saturated heterocycles. The van der Waals surface area contributed by atoms with Crippen molar-refractivity contribution in [2.75, 3.05) is 6.54 Å². The molecule has 0 amide bonds. The third-order valence-corrected chi connectivity index (χ3v) is 3.05. The van der Waals surface area contributed by atoms with Gasteiger partial charge in [-0.05, 0) is 26.3 Å². The molecule has 3 N–H and O–H groups in total. The number of nitrogens with one attached hydrogen (secondary N) is 1. The first-order chi connectivity index (χ1) is 8.70. The van der Waals surface area contributed by atoms with Crippen LogP contribution in [0.5, 0.6) is 0 Å². The second kappa shape index (κ2) is 5.82. The van der Waals surface area contributed by atoms with Crippen LogP contribution in [0.2, 0.25) is 0 Å². The van der Waals surface area contributed by atoms with E-state index in [0.29, 0.717) is 0 Å². The van der Waals surface area contributed by atoms with Gasteiger partial charge in [-0.25, -0.2) is 4.98 Å². The van der Waals surface area contributed by atoms with Crippen LogP contribution < -0.4 is 5.73 Å². The maximum atomic E-state index is 5.47. The molecular weight excluding hydrogens is 226 g/mol. The number of unbranched alkanes of at least 4 members (excludes halogenated alkanes) is 2. The highest BCUT2D eigenvalue weighted by atomic mass is 15.2. The molecule has 0 atom stereocenters. The molecule has 0 radical (unpaired) electrons. The number of aromatic amines is 1. The molecule has 0 fully saturated rings. The Bertz CT molecular complexity index is 497. The minimum Gasteiger partial charge on any atom is -0.342 e. The highest BCUT2D eigenvalue weighted by molar-refractivity contribution is 5.60. The lowest BCUT2D eigenvalue weighted by atomic mass is 10.2. The third-order valence-electron chi connectivity index (χ3n) is 3.05. The average molecular weight is 247 g/mol. The number of hydrogen-bond acceptors (Lipinski definition) is 3. The summed E-state index contributed by atoms with van der Waals surface area (Å²) in [6, 6.07) is 0. The maximum Gasteiger partial charge on any atom is 0.106 e. The number of nitrogens with two attached hydrogens (primary N) is 1. The zero-order valence-electron chi connectivity index (χ0n) is 11.1. The molecule has 2 heterocycles. The smallest absolute Gasteiger partial charge is 0.106 e. The number of aryl methyl sites for hydroxylation is 3. The average Bonchev–Trinajstić information content (AvgIpc) is 2.91. The van der Waals surface area contributed by atoms with Crippen LogP contribution >= 0.6 is 0 Å². The Kier molecular flexibility index (Phi) is 4.15. The van der Waals surface area contributed by atoms with Crippen LogP contribution in [0.3, 0.4) is 0 Å². The van der Waals surface area contributed by atoms with Gasteiger partial charge in [-0.15, -0.1) is 0 Å². The molecular formula is C13H21N5. The third kappa shape index (κ3) is 2.98. The fourth-order valence-corrected chi connectivity index (χ4v) is 2.10. The molecule has 0 bridgehead atoms. The molecule has 0 aromatic carbocycles. The maximum absolute atomic E-state index is 5.47. The number of rotatable bonds is 6. The van der Waals surface area contributed by atoms with Crippen LogP contribution in [0.4, 0.5) is 0 Å². The van der Waals surface area contributed by atoms with Crippen molar-refractivity contribution in [3.05, 3.63) is 23.9 Å². The van der Waals surface area contributed by atoms with E-state index in [2.05, 4.69) is 15.1 Å². The number of H-pyrrole nitrogens is 1.